The molecular weight excluding hydrogens is 325 g/mol. The molecule has 0 saturated carbocycles. The fourth-order valence-corrected chi connectivity index (χ4v) is 2.84. The maximum atomic E-state index is 12.1. The number of rotatable bonds is 3. The van der Waals surface area contributed by atoms with Crippen molar-refractivity contribution >= 4 is 29.2 Å². The molecular formula is C16H13Cl2NO3. The van der Waals surface area contributed by atoms with Crippen LogP contribution in [-0.2, 0) is 24.2 Å². The molecule has 0 atom stereocenters. The van der Waals surface area contributed by atoms with E-state index in [4.69, 9.17) is 27.9 Å². The maximum Gasteiger partial charge on any atom is 0.344 e. The zero-order valence-corrected chi connectivity index (χ0v) is 13.1. The Morgan fingerprint density at radius 3 is 2.77 bits per heavy atom. The Hall–Kier alpha value is -1.78. The van der Waals surface area contributed by atoms with Gasteiger partial charge in [-0.05, 0) is 48.6 Å². The Morgan fingerprint density at radius 2 is 2.00 bits per heavy atom. The molecule has 1 aliphatic rings. The lowest BCUT2D eigenvalue weighted by Gasteiger charge is -2.07. The molecule has 0 fully saturated rings. The molecule has 4 nitrogen and oxygen atoms in total. The number of benzene rings is 1. The molecule has 22 heavy (non-hydrogen) atoms. The lowest BCUT2D eigenvalue weighted by atomic mass is 10.1. The van der Waals surface area contributed by atoms with Crippen LogP contribution in [0.2, 0.25) is 10.0 Å². The number of pyridine rings is 1. The van der Waals surface area contributed by atoms with Crippen LogP contribution < -0.4 is 5.56 Å². The van der Waals surface area contributed by atoms with Crippen molar-refractivity contribution in [2.75, 3.05) is 0 Å². The number of hydrogen-bond acceptors (Lipinski definition) is 3. The first kappa shape index (κ1) is 15.1. The highest BCUT2D eigenvalue weighted by atomic mass is 35.5. The van der Waals surface area contributed by atoms with Gasteiger partial charge in [-0.25, -0.2) is 4.79 Å². The quantitative estimate of drug-likeness (QED) is 0.871. The van der Waals surface area contributed by atoms with Gasteiger partial charge >= 0.3 is 5.97 Å². The van der Waals surface area contributed by atoms with E-state index >= 15 is 0 Å². The van der Waals surface area contributed by atoms with Crippen molar-refractivity contribution < 1.29 is 9.53 Å². The van der Waals surface area contributed by atoms with Crippen LogP contribution in [0.3, 0.4) is 0 Å². The lowest BCUT2D eigenvalue weighted by Crippen LogP contribution is -2.21. The summed E-state index contributed by atoms with van der Waals surface area (Å²) in [5.74, 6) is -0.637. The number of esters is 1. The maximum absolute atomic E-state index is 12.1. The number of aryl methyl sites for hydroxylation is 2. The fraction of sp³-hybridized carbons (Fsp3) is 0.250. The molecule has 1 N–H and O–H groups in total. The molecule has 0 amide bonds. The molecule has 1 aromatic heterocycles. The predicted molar refractivity (Wildman–Crippen MR) is 84.7 cm³/mol. The van der Waals surface area contributed by atoms with Crippen molar-refractivity contribution in [1.29, 1.82) is 0 Å². The Morgan fingerprint density at radius 1 is 1.18 bits per heavy atom. The van der Waals surface area contributed by atoms with E-state index in [-0.39, 0.29) is 12.2 Å². The van der Waals surface area contributed by atoms with Gasteiger partial charge in [0.15, 0.2) is 0 Å². The summed E-state index contributed by atoms with van der Waals surface area (Å²) in [5.41, 5.74) is 2.29. The average molecular weight is 338 g/mol. The molecule has 1 heterocycles. The average Bonchev–Trinajstić information content (AvgIpc) is 2.94. The SMILES string of the molecule is O=C(OCc1ccc(Cl)c(Cl)c1)c1cc2c([nH]c1=O)CCC2. The molecule has 114 valence electrons. The third-order valence-electron chi connectivity index (χ3n) is 3.66. The molecule has 2 aromatic rings. The van der Waals surface area contributed by atoms with E-state index < -0.39 is 11.5 Å². The van der Waals surface area contributed by atoms with Crippen molar-refractivity contribution in [2.45, 2.75) is 25.9 Å². The highest BCUT2D eigenvalue weighted by Gasteiger charge is 2.19. The second kappa shape index (κ2) is 6.15. The molecule has 0 aliphatic heterocycles. The minimum atomic E-state index is -0.637. The van der Waals surface area contributed by atoms with Gasteiger partial charge in [0.25, 0.3) is 5.56 Å². The zero-order chi connectivity index (χ0) is 15.7. The van der Waals surface area contributed by atoms with Crippen LogP contribution in [-0.4, -0.2) is 11.0 Å². The number of aromatic amines is 1. The van der Waals surface area contributed by atoms with E-state index in [0.29, 0.717) is 15.6 Å². The van der Waals surface area contributed by atoms with Crippen molar-refractivity contribution in [1.82, 2.24) is 4.98 Å². The highest BCUT2D eigenvalue weighted by molar-refractivity contribution is 6.42. The summed E-state index contributed by atoms with van der Waals surface area (Å²) in [6.07, 6.45) is 2.72. The number of H-pyrrole nitrogens is 1. The number of halogens is 2. The van der Waals surface area contributed by atoms with Gasteiger partial charge in [-0.1, -0.05) is 29.3 Å². The first-order chi connectivity index (χ1) is 10.5. The third kappa shape index (κ3) is 3.03. The Labute approximate surface area is 137 Å². The van der Waals surface area contributed by atoms with Crippen LogP contribution in [0.25, 0.3) is 0 Å². The van der Waals surface area contributed by atoms with Crippen LogP contribution in [0.15, 0.2) is 29.1 Å². The van der Waals surface area contributed by atoms with Crippen molar-refractivity contribution in [3.8, 4) is 0 Å². The summed E-state index contributed by atoms with van der Waals surface area (Å²) in [4.78, 5) is 26.8. The van der Waals surface area contributed by atoms with E-state index in [1.807, 2.05) is 0 Å². The smallest absolute Gasteiger partial charge is 0.344 e. The number of carbonyl (C=O) groups is 1. The number of ether oxygens (including phenoxy) is 1. The number of fused-ring (bicyclic) bond motifs is 1. The second-order valence-electron chi connectivity index (χ2n) is 5.19. The second-order valence-corrected chi connectivity index (χ2v) is 6.01. The van der Waals surface area contributed by atoms with Gasteiger partial charge in [0.2, 0.25) is 0 Å². The van der Waals surface area contributed by atoms with Gasteiger partial charge < -0.3 is 9.72 Å². The van der Waals surface area contributed by atoms with Gasteiger partial charge in [-0.2, -0.15) is 0 Å². The summed E-state index contributed by atoms with van der Waals surface area (Å²) in [6.45, 7) is 0.0340. The number of nitrogens with one attached hydrogen (secondary N) is 1. The molecule has 0 radical (unpaired) electrons. The Bertz CT molecular complexity index is 798. The van der Waals surface area contributed by atoms with Crippen LogP contribution in [0.1, 0.15) is 33.6 Å². The van der Waals surface area contributed by atoms with E-state index in [0.717, 1.165) is 30.5 Å². The van der Waals surface area contributed by atoms with Crippen LogP contribution in [0.5, 0.6) is 0 Å². The van der Waals surface area contributed by atoms with Crippen LogP contribution in [0, 0.1) is 0 Å². The summed E-state index contributed by atoms with van der Waals surface area (Å²) < 4.78 is 5.19. The van der Waals surface area contributed by atoms with Crippen molar-refractivity contribution in [3.63, 3.8) is 0 Å². The molecule has 0 bridgehead atoms. The Kier molecular flexibility index (Phi) is 4.23. The molecule has 3 rings (SSSR count). The number of aromatic nitrogens is 1. The minimum absolute atomic E-state index is 0.0340. The molecule has 0 saturated heterocycles. The van der Waals surface area contributed by atoms with Gasteiger partial charge in [0.1, 0.15) is 12.2 Å². The monoisotopic (exact) mass is 337 g/mol. The van der Waals surface area contributed by atoms with E-state index in [1.165, 1.54) is 0 Å². The van der Waals surface area contributed by atoms with Gasteiger partial charge in [-0.3, -0.25) is 4.79 Å². The zero-order valence-electron chi connectivity index (χ0n) is 11.6. The topological polar surface area (TPSA) is 59.2 Å². The first-order valence-electron chi connectivity index (χ1n) is 6.91. The molecule has 1 aliphatic carbocycles. The standard InChI is InChI=1S/C16H13Cl2NO3/c17-12-5-4-9(6-13(12)18)8-22-16(21)11-7-10-2-1-3-14(10)19-15(11)20/h4-7H,1-3,8H2,(H,19,20). The van der Waals surface area contributed by atoms with E-state index in [2.05, 4.69) is 4.98 Å². The van der Waals surface area contributed by atoms with Crippen LogP contribution in [0.4, 0.5) is 0 Å². The highest BCUT2D eigenvalue weighted by Crippen LogP contribution is 2.23. The lowest BCUT2D eigenvalue weighted by molar-refractivity contribution is 0.0470. The van der Waals surface area contributed by atoms with E-state index in [9.17, 15) is 9.59 Å². The summed E-state index contributed by atoms with van der Waals surface area (Å²) >= 11 is 11.7. The summed E-state index contributed by atoms with van der Waals surface area (Å²) in [6, 6.07) is 6.62. The van der Waals surface area contributed by atoms with Crippen LogP contribution >= 0.6 is 23.2 Å². The van der Waals surface area contributed by atoms with Gasteiger partial charge in [0, 0.05) is 5.69 Å². The third-order valence-corrected chi connectivity index (χ3v) is 4.40. The minimum Gasteiger partial charge on any atom is -0.457 e. The van der Waals surface area contributed by atoms with Crippen molar-refractivity contribution in [2.24, 2.45) is 0 Å². The van der Waals surface area contributed by atoms with Gasteiger partial charge in [-0.15, -0.1) is 0 Å². The van der Waals surface area contributed by atoms with Gasteiger partial charge in [0.05, 0.1) is 10.0 Å². The molecule has 0 spiro atoms. The number of hydrogen-bond donors (Lipinski definition) is 1. The molecule has 0 unspecified atom stereocenters. The summed E-state index contributed by atoms with van der Waals surface area (Å²) in [5, 5.41) is 0.831. The summed E-state index contributed by atoms with van der Waals surface area (Å²) in [7, 11) is 0. The molecule has 1 aromatic carbocycles. The molecule has 6 heteroatoms. The fourth-order valence-electron chi connectivity index (χ4n) is 2.52. The predicted octanol–water partition coefficient (Wildman–Crippen LogP) is 3.53. The van der Waals surface area contributed by atoms with Crippen molar-refractivity contribution in [3.05, 3.63) is 67.0 Å². The first-order valence-corrected chi connectivity index (χ1v) is 7.66. The normalized spacial score (nSPS) is 13.0. The Balaban J connectivity index is 1.75. The largest absolute Gasteiger partial charge is 0.457 e. The van der Waals surface area contributed by atoms with E-state index in [1.54, 1.807) is 24.3 Å². The number of carbonyl (C=O) groups excluding carboxylic acids is 1.